The first kappa shape index (κ1) is 27.8. The number of aliphatic hydroxyl groups excluding tert-OH is 1. The predicted molar refractivity (Wildman–Crippen MR) is 143 cm³/mol. The van der Waals surface area contributed by atoms with E-state index in [9.17, 15) is 14.7 Å². The fourth-order valence-electron chi connectivity index (χ4n) is 5.60. The highest BCUT2D eigenvalue weighted by molar-refractivity contribution is 5.94. The first-order chi connectivity index (χ1) is 17.0. The van der Waals surface area contributed by atoms with Crippen LogP contribution < -0.4 is 5.32 Å². The highest BCUT2D eigenvalue weighted by Gasteiger charge is 2.34. The van der Waals surface area contributed by atoms with Gasteiger partial charge in [0, 0.05) is 18.4 Å². The van der Waals surface area contributed by atoms with Crippen LogP contribution in [-0.4, -0.2) is 36.4 Å². The first-order valence-electron chi connectivity index (χ1n) is 14.1. The van der Waals surface area contributed by atoms with Crippen LogP contribution >= 0.6 is 0 Å². The molecule has 1 saturated carbocycles. The number of nitrogens with one attached hydrogen (secondary N) is 1. The van der Waals surface area contributed by atoms with E-state index in [1.807, 2.05) is 18.2 Å². The Morgan fingerprint density at radius 1 is 1.09 bits per heavy atom. The molecule has 2 aliphatic carbocycles. The van der Waals surface area contributed by atoms with Gasteiger partial charge >= 0.3 is 0 Å². The molecule has 0 spiro atoms. The van der Waals surface area contributed by atoms with Crippen LogP contribution in [0, 0.1) is 35.5 Å². The molecular weight excluding hydrogens is 434 g/mol. The van der Waals surface area contributed by atoms with E-state index in [1.165, 1.54) is 18.4 Å². The van der Waals surface area contributed by atoms with Crippen molar-refractivity contribution in [2.75, 3.05) is 13.1 Å². The quantitative estimate of drug-likeness (QED) is 0.261. The molecule has 6 atom stereocenters. The molecule has 1 fully saturated rings. The van der Waals surface area contributed by atoms with Gasteiger partial charge in [-0.25, -0.2) is 0 Å². The Labute approximate surface area is 213 Å². The second kappa shape index (κ2) is 14.7. The van der Waals surface area contributed by atoms with Crippen molar-refractivity contribution in [3.05, 3.63) is 48.0 Å². The molecule has 194 valence electrons. The second-order valence-corrected chi connectivity index (χ2v) is 11.4. The van der Waals surface area contributed by atoms with Gasteiger partial charge in [0.1, 0.15) is 6.29 Å². The number of allylic oxidation sites excluding steroid dienone is 2. The number of carbonyl (C=O) groups excluding carboxylic acids is 2. The van der Waals surface area contributed by atoms with E-state index in [1.54, 1.807) is 6.08 Å². The third-order valence-corrected chi connectivity index (χ3v) is 8.19. The van der Waals surface area contributed by atoms with E-state index in [0.717, 1.165) is 76.7 Å². The normalized spacial score (nSPS) is 23.2. The molecule has 1 aromatic carbocycles. The van der Waals surface area contributed by atoms with Crippen LogP contribution in [0.15, 0.2) is 42.5 Å². The Morgan fingerprint density at radius 3 is 2.57 bits per heavy atom. The summed E-state index contributed by atoms with van der Waals surface area (Å²) >= 11 is 0. The molecule has 0 amide bonds. The number of rotatable bonds is 18. The highest BCUT2D eigenvalue weighted by Crippen LogP contribution is 2.36. The molecule has 0 radical (unpaired) electrons. The van der Waals surface area contributed by atoms with Crippen molar-refractivity contribution in [3.8, 4) is 0 Å². The molecule has 2 N–H and O–H groups in total. The number of benzene rings is 1. The maximum Gasteiger partial charge on any atom is 0.159 e. The Morgan fingerprint density at radius 2 is 1.86 bits per heavy atom. The molecule has 6 unspecified atom stereocenters. The number of hydrogen-bond acceptors (Lipinski definition) is 4. The average molecular weight is 482 g/mol. The number of ketones is 1. The molecule has 4 nitrogen and oxygen atoms in total. The standard InChI is InChI=1S/C31H47NO3/c1-23(11-12-27(22-33)21-32-20-26-13-14-26)7-6-10-30-29(17-18-31(30)35)24(2)19-28(34)16-15-25-8-4-3-5-9-25/h3-5,8-9,17-18,22-24,26-30,32,34H,6-7,10-16,19-21H2,1-2H3. The average Bonchev–Trinajstić information content (AvgIpc) is 3.61. The van der Waals surface area contributed by atoms with Gasteiger partial charge in [-0.05, 0) is 93.2 Å². The largest absolute Gasteiger partial charge is 0.393 e. The molecule has 1 aromatic rings. The van der Waals surface area contributed by atoms with Crippen molar-refractivity contribution in [2.45, 2.75) is 84.2 Å². The lowest BCUT2D eigenvalue weighted by atomic mass is 9.78. The van der Waals surface area contributed by atoms with E-state index < -0.39 is 0 Å². The number of hydrogen-bond donors (Lipinski definition) is 2. The number of aliphatic hydroxyl groups is 1. The van der Waals surface area contributed by atoms with E-state index in [-0.39, 0.29) is 29.6 Å². The third-order valence-electron chi connectivity index (χ3n) is 8.19. The fraction of sp³-hybridized carbons (Fsp3) is 0.677. The zero-order valence-electron chi connectivity index (χ0n) is 21.9. The Bertz CT molecular complexity index is 788. The second-order valence-electron chi connectivity index (χ2n) is 11.4. The minimum absolute atomic E-state index is 0.0628. The Balaban J connectivity index is 1.33. The van der Waals surface area contributed by atoms with Gasteiger partial charge in [0.25, 0.3) is 0 Å². The van der Waals surface area contributed by atoms with Crippen LogP contribution in [0.1, 0.15) is 77.2 Å². The van der Waals surface area contributed by atoms with Gasteiger partial charge in [0.15, 0.2) is 5.78 Å². The summed E-state index contributed by atoms with van der Waals surface area (Å²) in [7, 11) is 0. The van der Waals surface area contributed by atoms with E-state index >= 15 is 0 Å². The molecule has 0 heterocycles. The summed E-state index contributed by atoms with van der Waals surface area (Å²) < 4.78 is 0. The van der Waals surface area contributed by atoms with E-state index in [2.05, 4.69) is 37.4 Å². The van der Waals surface area contributed by atoms with Crippen molar-refractivity contribution in [1.29, 1.82) is 0 Å². The maximum absolute atomic E-state index is 12.6. The summed E-state index contributed by atoms with van der Waals surface area (Å²) in [5.74, 6) is 2.39. The van der Waals surface area contributed by atoms with Crippen LogP contribution in [0.4, 0.5) is 0 Å². The first-order valence-corrected chi connectivity index (χ1v) is 14.1. The Kier molecular flexibility index (Phi) is 11.7. The van der Waals surface area contributed by atoms with Crippen molar-refractivity contribution < 1.29 is 14.7 Å². The van der Waals surface area contributed by atoms with Gasteiger partial charge in [0.2, 0.25) is 0 Å². The minimum atomic E-state index is -0.334. The lowest BCUT2D eigenvalue weighted by Crippen LogP contribution is -2.26. The van der Waals surface area contributed by atoms with Gasteiger partial charge in [-0.15, -0.1) is 0 Å². The summed E-state index contributed by atoms with van der Waals surface area (Å²) in [4.78, 5) is 24.0. The van der Waals surface area contributed by atoms with Gasteiger partial charge < -0.3 is 15.2 Å². The Hall–Kier alpha value is -1.78. The maximum atomic E-state index is 12.6. The molecule has 0 saturated heterocycles. The van der Waals surface area contributed by atoms with Crippen LogP contribution in [-0.2, 0) is 16.0 Å². The van der Waals surface area contributed by atoms with Gasteiger partial charge in [-0.2, -0.15) is 0 Å². The molecule has 0 aliphatic heterocycles. The molecule has 35 heavy (non-hydrogen) atoms. The molecule has 0 bridgehead atoms. The number of carbonyl (C=O) groups is 2. The van der Waals surface area contributed by atoms with Crippen molar-refractivity contribution >= 4 is 12.1 Å². The van der Waals surface area contributed by atoms with E-state index in [0.29, 0.717) is 11.8 Å². The summed E-state index contributed by atoms with van der Waals surface area (Å²) in [6, 6.07) is 10.3. The van der Waals surface area contributed by atoms with Gasteiger partial charge in [-0.1, -0.05) is 63.1 Å². The smallest absolute Gasteiger partial charge is 0.159 e. The van der Waals surface area contributed by atoms with Gasteiger partial charge in [0.05, 0.1) is 6.10 Å². The molecule has 4 heteroatoms. The summed E-state index contributed by atoms with van der Waals surface area (Å²) in [5.41, 5.74) is 1.26. The summed E-state index contributed by atoms with van der Waals surface area (Å²) in [6.45, 7) is 6.34. The number of aldehydes is 1. The molecular formula is C31H47NO3. The van der Waals surface area contributed by atoms with E-state index in [4.69, 9.17) is 0 Å². The summed E-state index contributed by atoms with van der Waals surface area (Å²) in [5, 5.41) is 14.1. The third kappa shape index (κ3) is 10.0. The van der Waals surface area contributed by atoms with Crippen molar-refractivity contribution in [3.63, 3.8) is 0 Å². The minimum Gasteiger partial charge on any atom is -0.393 e. The monoisotopic (exact) mass is 481 g/mol. The topological polar surface area (TPSA) is 66.4 Å². The molecule has 3 rings (SSSR count). The zero-order chi connectivity index (χ0) is 25.0. The van der Waals surface area contributed by atoms with Crippen LogP contribution in [0.2, 0.25) is 0 Å². The summed E-state index contributed by atoms with van der Waals surface area (Å²) in [6.07, 6.45) is 14.8. The molecule has 2 aliphatic rings. The fourth-order valence-corrected chi connectivity index (χ4v) is 5.60. The van der Waals surface area contributed by atoms with Crippen LogP contribution in [0.3, 0.4) is 0 Å². The van der Waals surface area contributed by atoms with Gasteiger partial charge in [-0.3, -0.25) is 4.79 Å². The van der Waals surface area contributed by atoms with Crippen LogP contribution in [0.25, 0.3) is 0 Å². The van der Waals surface area contributed by atoms with Crippen LogP contribution in [0.5, 0.6) is 0 Å². The lowest BCUT2D eigenvalue weighted by molar-refractivity contribution is -0.119. The SMILES string of the molecule is CC(CCCC1C(=O)C=CC1C(C)CC(O)CCc1ccccc1)CCC(C=O)CNCC1CC1. The van der Waals surface area contributed by atoms with Crippen molar-refractivity contribution in [2.24, 2.45) is 35.5 Å². The number of aryl methyl sites for hydroxylation is 1. The predicted octanol–water partition coefficient (Wildman–Crippen LogP) is 5.78. The lowest BCUT2D eigenvalue weighted by Gasteiger charge is -2.26. The molecule has 0 aromatic heterocycles. The highest BCUT2D eigenvalue weighted by atomic mass is 16.3. The zero-order valence-corrected chi connectivity index (χ0v) is 21.9. The van der Waals surface area contributed by atoms with Crippen molar-refractivity contribution in [1.82, 2.24) is 5.32 Å².